The maximum Gasteiger partial charge on any atom is 0.208 e. The van der Waals surface area contributed by atoms with Crippen LogP contribution >= 0.6 is 24.0 Å². The minimum absolute atomic E-state index is 0. The molecule has 0 amide bonds. The summed E-state index contributed by atoms with van der Waals surface area (Å²) in [5.74, 6) is 0.771. The van der Waals surface area contributed by atoms with Crippen LogP contribution in [0.1, 0.15) is 31.7 Å². The molecule has 0 aromatic heterocycles. The summed E-state index contributed by atoms with van der Waals surface area (Å²) in [7, 11) is -1.18. The van der Waals surface area contributed by atoms with E-state index in [0.29, 0.717) is 13.1 Å². The molecule has 9 heteroatoms. The highest BCUT2D eigenvalue weighted by atomic mass is 127. The number of guanidine groups is 1. The van der Waals surface area contributed by atoms with Gasteiger partial charge in [-0.3, -0.25) is 4.99 Å². The fraction of sp³-hybridized carbons (Fsp3) is 0.632. The van der Waals surface area contributed by atoms with Crippen molar-refractivity contribution in [1.29, 1.82) is 0 Å². The number of nitrogens with one attached hydrogen (secondary N) is 2. The molecule has 0 spiro atoms. The van der Waals surface area contributed by atoms with Crippen LogP contribution in [0.15, 0.2) is 29.3 Å². The Balaban J connectivity index is 0.00000392. The van der Waals surface area contributed by atoms with Crippen LogP contribution in [0.5, 0.6) is 0 Å². The lowest BCUT2D eigenvalue weighted by atomic mass is 10.1. The van der Waals surface area contributed by atoms with Crippen molar-refractivity contribution < 1.29 is 8.42 Å². The highest BCUT2D eigenvalue weighted by molar-refractivity contribution is 14.0. The molecule has 7 nitrogen and oxygen atoms in total. The number of hydrogen-bond acceptors (Lipinski definition) is 4. The summed E-state index contributed by atoms with van der Waals surface area (Å²) in [5, 5.41) is 3.25. The van der Waals surface area contributed by atoms with Crippen LogP contribution in [0, 0.1) is 0 Å². The van der Waals surface area contributed by atoms with Crippen LogP contribution in [0.4, 0.5) is 5.69 Å². The highest BCUT2D eigenvalue weighted by Gasteiger charge is 2.11. The molecule has 0 unspecified atom stereocenters. The molecule has 1 heterocycles. The van der Waals surface area contributed by atoms with Crippen molar-refractivity contribution in [2.75, 3.05) is 50.9 Å². The van der Waals surface area contributed by atoms with Crippen molar-refractivity contribution >= 4 is 45.6 Å². The van der Waals surface area contributed by atoms with Crippen LogP contribution in [-0.4, -0.2) is 65.3 Å². The second-order valence-corrected chi connectivity index (χ2v) is 8.81. The van der Waals surface area contributed by atoms with Crippen LogP contribution in [0.25, 0.3) is 0 Å². The first kappa shape index (κ1) is 25.0. The van der Waals surface area contributed by atoms with Crippen molar-refractivity contribution in [3.8, 4) is 0 Å². The molecule has 1 saturated heterocycles. The lowest BCUT2D eigenvalue weighted by molar-refractivity contribution is 0.477. The van der Waals surface area contributed by atoms with Gasteiger partial charge in [-0.1, -0.05) is 12.1 Å². The van der Waals surface area contributed by atoms with Crippen molar-refractivity contribution in [3.05, 3.63) is 29.8 Å². The van der Waals surface area contributed by atoms with Gasteiger partial charge >= 0.3 is 0 Å². The number of rotatable bonds is 8. The predicted molar refractivity (Wildman–Crippen MR) is 128 cm³/mol. The van der Waals surface area contributed by atoms with E-state index < -0.39 is 10.0 Å². The van der Waals surface area contributed by atoms with E-state index in [1.54, 1.807) is 0 Å². The van der Waals surface area contributed by atoms with E-state index in [9.17, 15) is 8.42 Å². The predicted octanol–water partition coefficient (Wildman–Crippen LogP) is 2.24. The third-order valence-corrected chi connectivity index (χ3v) is 5.24. The van der Waals surface area contributed by atoms with E-state index in [1.807, 2.05) is 14.0 Å². The maximum atomic E-state index is 11.1. The summed E-state index contributed by atoms with van der Waals surface area (Å²) >= 11 is 0. The van der Waals surface area contributed by atoms with Gasteiger partial charge in [0.25, 0.3) is 0 Å². The third-order valence-electron chi connectivity index (χ3n) is 4.51. The Bertz CT molecular complexity index is 704. The number of piperidine rings is 1. The van der Waals surface area contributed by atoms with Crippen molar-refractivity contribution in [3.63, 3.8) is 0 Å². The lowest BCUT2D eigenvalue weighted by Gasteiger charge is -2.29. The first-order valence-electron chi connectivity index (χ1n) is 9.67. The fourth-order valence-electron chi connectivity index (χ4n) is 3.18. The van der Waals surface area contributed by atoms with Crippen molar-refractivity contribution in [2.24, 2.45) is 4.99 Å². The van der Waals surface area contributed by atoms with E-state index in [0.717, 1.165) is 38.4 Å². The zero-order valence-corrected chi connectivity index (χ0v) is 20.3. The van der Waals surface area contributed by atoms with Gasteiger partial charge in [-0.2, -0.15) is 0 Å². The van der Waals surface area contributed by atoms with Gasteiger partial charge in [-0.25, -0.2) is 13.1 Å². The Kier molecular flexibility index (Phi) is 11.1. The summed E-state index contributed by atoms with van der Waals surface area (Å²) in [6, 6.07) is 8.76. The van der Waals surface area contributed by atoms with Gasteiger partial charge in [-0.15, -0.1) is 24.0 Å². The van der Waals surface area contributed by atoms with Gasteiger partial charge in [0.05, 0.1) is 12.8 Å². The van der Waals surface area contributed by atoms with E-state index in [-0.39, 0.29) is 24.0 Å². The molecule has 1 aromatic carbocycles. The SMILES string of the molecule is CCNC(=NCCNS(C)(=O)=O)N(C)Cc1ccc(N2CCCCC2)cc1.I. The summed E-state index contributed by atoms with van der Waals surface area (Å²) in [6.45, 7) is 6.52. The van der Waals surface area contributed by atoms with E-state index in [1.165, 1.54) is 30.5 Å². The molecule has 28 heavy (non-hydrogen) atoms. The smallest absolute Gasteiger partial charge is 0.208 e. The molecule has 0 atom stereocenters. The number of hydrogen-bond donors (Lipinski definition) is 2. The Morgan fingerprint density at radius 2 is 1.82 bits per heavy atom. The zero-order valence-electron chi connectivity index (χ0n) is 17.1. The van der Waals surface area contributed by atoms with E-state index in [4.69, 9.17) is 0 Å². The molecule has 1 aliphatic heterocycles. The van der Waals surface area contributed by atoms with Crippen LogP contribution in [-0.2, 0) is 16.6 Å². The van der Waals surface area contributed by atoms with Gasteiger partial charge in [0.1, 0.15) is 0 Å². The topological polar surface area (TPSA) is 77.0 Å². The van der Waals surface area contributed by atoms with Gasteiger partial charge in [-0.05, 0) is 43.9 Å². The second kappa shape index (κ2) is 12.5. The second-order valence-electron chi connectivity index (χ2n) is 6.97. The van der Waals surface area contributed by atoms with Crippen LogP contribution in [0.2, 0.25) is 0 Å². The van der Waals surface area contributed by atoms with Crippen LogP contribution < -0.4 is 14.9 Å². The summed E-state index contributed by atoms with van der Waals surface area (Å²) in [6.07, 6.45) is 5.05. The Morgan fingerprint density at radius 3 is 2.39 bits per heavy atom. The molecular weight excluding hydrogens is 489 g/mol. The van der Waals surface area contributed by atoms with Crippen molar-refractivity contribution in [1.82, 2.24) is 14.9 Å². The quantitative estimate of drug-likeness (QED) is 0.237. The van der Waals surface area contributed by atoms with Gasteiger partial charge < -0.3 is 15.1 Å². The Morgan fingerprint density at radius 1 is 1.18 bits per heavy atom. The molecule has 2 rings (SSSR count). The normalized spacial score (nSPS) is 15.1. The first-order chi connectivity index (χ1) is 12.9. The molecule has 0 aliphatic carbocycles. The Labute approximate surface area is 187 Å². The molecule has 1 aromatic rings. The molecule has 0 saturated carbocycles. The number of halogens is 1. The number of sulfonamides is 1. The third kappa shape index (κ3) is 8.95. The number of benzene rings is 1. The van der Waals surface area contributed by atoms with Gasteiger partial charge in [0.2, 0.25) is 10.0 Å². The molecule has 0 bridgehead atoms. The van der Waals surface area contributed by atoms with Crippen LogP contribution in [0.3, 0.4) is 0 Å². The molecule has 1 aliphatic rings. The zero-order chi connectivity index (χ0) is 19.7. The molecule has 1 fully saturated rings. The van der Waals surface area contributed by atoms with Gasteiger partial charge in [0, 0.05) is 45.5 Å². The standard InChI is InChI=1S/C19H33N5O2S.HI/c1-4-20-19(21-12-13-22-27(3,25)26)23(2)16-17-8-10-18(11-9-17)24-14-6-5-7-15-24;/h8-11,22H,4-7,12-16H2,1-3H3,(H,20,21);1H. The summed E-state index contributed by atoms with van der Waals surface area (Å²) in [4.78, 5) is 9.01. The molecule has 0 radical (unpaired) electrons. The largest absolute Gasteiger partial charge is 0.372 e. The first-order valence-corrected chi connectivity index (χ1v) is 11.6. The van der Waals surface area contributed by atoms with E-state index in [2.05, 4.69) is 49.1 Å². The summed E-state index contributed by atoms with van der Waals surface area (Å²) in [5.41, 5.74) is 2.52. The highest BCUT2D eigenvalue weighted by Crippen LogP contribution is 2.20. The minimum Gasteiger partial charge on any atom is -0.372 e. The minimum atomic E-state index is -3.17. The number of aliphatic imine (C=N–C) groups is 1. The lowest BCUT2D eigenvalue weighted by Crippen LogP contribution is -2.39. The maximum absolute atomic E-state index is 11.1. The van der Waals surface area contributed by atoms with Gasteiger partial charge in [0.15, 0.2) is 5.96 Å². The monoisotopic (exact) mass is 523 g/mol. The summed E-state index contributed by atoms with van der Waals surface area (Å²) < 4.78 is 24.7. The number of nitrogens with zero attached hydrogens (tertiary/aromatic N) is 3. The van der Waals surface area contributed by atoms with Crippen molar-refractivity contribution in [2.45, 2.75) is 32.7 Å². The molecule has 2 N–H and O–H groups in total. The Hall–Kier alpha value is -1.07. The van der Waals surface area contributed by atoms with E-state index >= 15 is 0 Å². The average molecular weight is 523 g/mol. The fourth-order valence-corrected chi connectivity index (χ4v) is 3.64. The molecular formula is C19H34IN5O2S. The molecule has 160 valence electrons. The number of anilines is 1. The average Bonchev–Trinajstić information content (AvgIpc) is 2.64.